The number of esters is 5. The Morgan fingerprint density at radius 2 is 0.752 bits per heavy atom. The number of hydrogen-bond acceptors (Lipinski definition) is 25. The number of methoxy groups -OCH3 is 4. The molecule has 0 N–H and O–H groups in total. The van der Waals surface area contributed by atoms with Crippen LogP contribution in [-0.4, -0.2) is 190 Å². The Hall–Kier alpha value is -13.3. The maximum atomic E-state index is 11.9. The number of thioether (sulfide) groups is 1. The predicted molar refractivity (Wildman–Crippen MR) is 521 cm³/mol. The Labute approximate surface area is 799 Å². The molecule has 0 atom stereocenters. The Bertz CT molecular complexity index is 7040. The number of aromatic nitrogens is 15. The van der Waals surface area contributed by atoms with Gasteiger partial charge in [0.15, 0.2) is 23.1 Å². The molecule has 133 heavy (non-hydrogen) atoms. The Balaban J connectivity index is 0.000000127. The number of rotatable bonds is 21. The number of ether oxygens (including phenoxy) is 5. The molecule has 35 heteroatoms. The van der Waals surface area contributed by atoms with Gasteiger partial charge in [-0.1, -0.05) is 162 Å². The Morgan fingerprint density at radius 1 is 0.368 bits per heavy atom. The molecule has 680 valence electrons. The highest BCUT2D eigenvalue weighted by Crippen LogP contribution is 2.36. The lowest BCUT2D eigenvalue weighted by molar-refractivity contribution is 0.0517. The molecular weight excluding hydrogens is 1830 g/mol. The third-order valence-corrected chi connectivity index (χ3v) is 24.7. The largest absolute Gasteiger partial charge is 0.464 e. The minimum absolute atomic E-state index is 0.283. The summed E-state index contributed by atoms with van der Waals surface area (Å²) in [6.45, 7) is 6.04. The minimum Gasteiger partial charge on any atom is -0.464 e. The van der Waals surface area contributed by atoms with Gasteiger partial charge >= 0.3 is 29.8 Å². The maximum absolute atomic E-state index is 11.9. The molecule has 28 nitrogen and oxygen atoms in total. The van der Waals surface area contributed by atoms with Crippen LogP contribution in [0.1, 0.15) is 141 Å². The highest BCUT2D eigenvalue weighted by atomic mass is 35.5. The van der Waals surface area contributed by atoms with Crippen LogP contribution in [0.4, 0.5) is 17.5 Å². The fourth-order valence-corrected chi connectivity index (χ4v) is 18.0. The number of pyridine rings is 9. The van der Waals surface area contributed by atoms with Gasteiger partial charge in [0, 0.05) is 176 Å². The zero-order valence-electron chi connectivity index (χ0n) is 73.6. The van der Waals surface area contributed by atoms with E-state index >= 15 is 0 Å². The summed E-state index contributed by atoms with van der Waals surface area (Å²) in [6.07, 6.45) is 14.9. The highest BCUT2D eigenvalue weighted by molar-refractivity contribution is 7.99. The van der Waals surface area contributed by atoms with Crippen LogP contribution in [0.25, 0.3) is 50.1 Å². The van der Waals surface area contributed by atoms with Crippen molar-refractivity contribution < 1.29 is 47.7 Å². The summed E-state index contributed by atoms with van der Waals surface area (Å²) in [7, 11) is 9.28. The summed E-state index contributed by atoms with van der Waals surface area (Å²) >= 11 is 34.3. The second-order valence-electron chi connectivity index (χ2n) is 30.8. The normalized spacial score (nSPS) is 12.5. The van der Waals surface area contributed by atoms with Crippen LogP contribution < -0.4 is 14.7 Å². The first kappa shape index (κ1) is 94.3. The van der Waals surface area contributed by atoms with E-state index in [1.807, 2.05) is 210 Å². The van der Waals surface area contributed by atoms with E-state index in [0.29, 0.717) is 86.7 Å². The van der Waals surface area contributed by atoms with Gasteiger partial charge in [-0.25, -0.2) is 71.5 Å². The number of benzene rings is 2. The van der Waals surface area contributed by atoms with Gasteiger partial charge in [-0.3, -0.25) is 0 Å². The molecule has 2 fully saturated rings. The lowest BCUT2D eigenvalue weighted by atomic mass is 10.0. The molecule has 0 saturated carbocycles. The van der Waals surface area contributed by atoms with Gasteiger partial charge in [-0.05, 0) is 129 Å². The van der Waals surface area contributed by atoms with Crippen LogP contribution in [0.15, 0.2) is 230 Å². The van der Waals surface area contributed by atoms with Crippen LogP contribution in [0.3, 0.4) is 0 Å². The number of nitrogens with zero attached hydrogens (tertiary/aromatic N) is 18. The van der Waals surface area contributed by atoms with E-state index in [1.165, 1.54) is 65.5 Å². The minimum atomic E-state index is -0.456. The van der Waals surface area contributed by atoms with Gasteiger partial charge in [-0.15, -0.1) is 26.6 Å². The first-order valence-corrected chi connectivity index (χ1v) is 46.5. The first-order chi connectivity index (χ1) is 64.6. The fourth-order valence-electron chi connectivity index (χ4n) is 15.5. The van der Waals surface area contributed by atoms with Crippen molar-refractivity contribution in [2.45, 2.75) is 64.7 Å². The zero-order chi connectivity index (χ0) is 93.2. The maximum Gasteiger partial charge on any atom is 0.357 e. The zero-order valence-corrected chi connectivity index (χ0v) is 79.0. The molecule has 15 aromatic heterocycles. The van der Waals surface area contributed by atoms with Crippen molar-refractivity contribution in [2.24, 2.45) is 0 Å². The van der Waals surface area contributed by atoms with E-state index in [2.05, 4.69) is 39.8 Å². The molecule has 0 bridgehead atoms. The Morgan fingerprint density at radius 3 is 1.19 bits per heavy atom. The number of fused-ring (bicyclic) bond motifs is 5. The number of hydrogen-bond donors (Lipinski definition) is 0. The lowest BCUT2D eigenvalue weighted by Gasteiger charge is -2.27. The van der Waals surface area contributed by atoms with Crippen molar-refractivity contribution in [1.29, 1.82) is 0 Å². The number of thiazole rings is 1. The smallest absolute Gasteiger partial charge is 0.357 e. The molecular formula is C98H91Cl5N18O10S2. The van der Waals surface area contributed by atoms with Crippen molar-refractivity contribution in [3.8, 4) is 22.5 Å². The van der Waals surface area contributed by atoms with Gasteiger partial charge in [0.05, 0.1) is 99.1 Å². The van der Waals surface area contributed by atoms with E-state index in [1.54, 1.807) is 80.7 Å². The van der Waals surface area contributed by atoms with E-state index in [4.69, 9.17) is 102 Å². The summed E-state index contributed by atoms with van der Waals surface area (Å²) in [5, 5.41) is 29.3. The SMILES string of the molecule is CCOC(=O)c1csc(Cc2c(-c3ccccc3)nn3cc(Cl)ccc23)n1.COC(=O)c1cccc(Cc2c(-c3ccccc3)nn3c(Cl)cccc23)n1.COC(=O)c1cccc(Cc2c(N(C)C)nn3cc(Cl)ccc23)n1.COC(=O)c1cccc(Cc2c(N3CCCCCC3)nn3cc(Cl)ccc23)n1.COC(=O)c1cccc(Cc2c(N3CCSCC3)nn3cc(Cl)ccc23)n1. The summed E-state index contributed by atoms with van der Waals surface area (Å²) in [5.74, 6) is 2.79. The average Bonchev–Trinajstić information content (AvgIpc) is 1.64. The van der Waals surface area contributed by atoms with E-state index in [-0.39, 0.29) is 5.69 Å². The van der Waals surface area contributed by atoms with Crippen molar-refractivity contribution in [2.75, 3.05) is 102 Å². The van der Waals surface area contributed by atoms with Crippen LogP contribution in [0.5, 0.6) is 0 Å². The predicted octanol–water partition coefficient (Wildman–Crippen LogP) is 19.6. The third kappa shape index (κ3) is 22.9. The molecule has 0 spiro atoms. The van der Waals surface area contributed by atoms with E-state index < -0.39 is 29.8 Å². The molecule has 0 radical (unpaired) electrons. The summed E-state index contributed by atoms with van der Waals surface area (Å²) in [5.41, 5.74) is 18.5. The van der Waals surface area contributed by atoms with Gasteiger partial charge in [0.2, 0.25) is 0 Å². The highest BCUT2D eigenvalue weighted by Gasteiger charge is 2.27. The number of halogens is 5. The van der Waals surface area contributed by atoms with E-state index in [9.17, 15) is 24.0 Å². The molecule has 2 saturated heterocycles. The molecule has 17 heterocycles. The van der Waals surface area contributed by atoms with Crippen LogP contribution >= 0.6 is 81.1 Å². The monoisotopic (exact) mass is 1920 g/mol. The second kappa shape index (κ2) is 44.3. The topological polar surface area (TPSA) is 292 Å². The van der Waals surface area contributed by atoms with Gasteiger partial charge in [-0.2, -0.15) is 22.0 Å². The van der Waals surface area contributed by atoms with Crippen LogP contribution in [0, 0.1) is 0 Å². The molecule has 0 unspecified atom stereocenters. The molecule has 19 rings (SSSR count). The number of carbonyl (C=O) groups excluding carboxylic acids is 5. The van der Waals surface area contributed by atoms with Crippen molar-refractivity contribution in [3.05, 3.63) is 340 Å². The molecule has 0 amide bonds. The van der Waals surface area contributed by atoms with Crippen molar-refractivity contribution in [3.63, 3.8) is 0 Å². The first-order valence-electron chi connectivity index (χ1n) is 42.6. The van der Waals surface area contributed by atoms with Gasteiger partial charge in [0.25, 0.3) is 0 Å². The summed E-state index contributed by atoms with van der Waals surface area (Å²) < 4.78 is 33.1. The quantitative estimate of drug-likeness (QED) is 0.0367. The molecule has 2 aliphatic rings. The molecule has 17 aromatic rings. The van der Waals surface area contributed by atoms with Crippen molar-refractivity contribution >= 4 is 156 Å². The van der Waals surface area contributed by atoms with Crippen LogP contribution in [0.2, 0.25) is 25.2 Å². The third-order valence-electron chi connectivity index (χ3n) is 21.8. The molecule has 0 aliphatic carbocycles. The van der Waals surface area contributed by atoms with Gasteiger partial charge in [0.1, 0.15) is 27.9 Å². The Kier molecular flexibility index (Phi) is 31.4. The summed E-state index contributed by atoms with van der Waals surface area (Å²) in [4.78, 5) is 87.9. The van der Waals surface area contributed by atoms with E-state index in [0.717, 1.165) is 161 Å². The molecule has 2 aliphatic heterocycles. The fraction of sp³-hybridized carbons (Fsp3) is 0.235. The lowest BCUT2D eigenvalue weighted by Crippen LogP contribution is -2.33. The number of anilines is 3. The standard InChI is InChI=1S/C21H23ClN4O2.C21H16ClN3O2.C20H16ClN3O2S.C19H19ClN4O2S.C17H17ClN4O2/c1-28-21(27)18-8-6-7-16(23-18)13-17-19-10-9-15(22)14-26(19)24-20(17)25-11-4-2-3-5-12-25;1-27-21(26)17-10-5-9-15(23-17)13-16-18-11-6-12-19(22)25(18)24-20(16)14-7-3-2-4-8-14;1-2-26-20(25)16-12-27-18(22-16)10-15-17-9-8-14(21)11-24(17)23-19(15)13-6-4-3-5-7-13;1-26-19(25)16-4-2-3-14(21-16)11-15-17-6-5-13(20)12-24(17)22-18(15)23-7-9-27-10-8-23;1-21(2)16-13(15-8-7-11(18)10-22(15)20-16)9-12-5-4-6-14(19-12)17(23)24-3/h6-10,14H,2-5,11-13H2,1H3;2-12H,13H2,1H3;3-9,11-12H,2,10H2,1H3;2-6,12H,7-11H2,1H3;4-8,10H,9H2,1-3H3. The van der Waals surface area contributed by atoms with Crippen molar-refractivity contribution in [1.82, 2.24) is 73.0 Å². The average molecular weight is 1920 g/mol. The second-order valence-corrected chi connectivity index (χ2v) is 35.1. The van der Waals surface area contributed by atoms with Crippen LogP contribution in [-0.2, 0) is 55.8 Å². The van der Waals surface area contributed by atoms with Gasteiger partial charge < -0.3 is 38.4 Å². The molecule has 2 aromatic carbocycles. The number of carbonyl (C=O) groups is 5. The summed E-state index contributed by atoms with van der Waals surface area (Å²) in [6, 6.07) is 62.4.